The van der Waals surface area contributed by atoms with Crippen LogP contribution in [0.1, 0.15) is 58.8 Å². The van der Waals surface area contributed by atoms with Gasteiger partial charge in [-0.05, 0) is 55.5 Å². The van der Waals surface area contributed by atoms with Gasteiger partial charge in [0.2, 0.25) is 11.8 Å². The summed E-state index contributed by atoms with van der Waals surface area (Å²) in [5.74, 6) is -1.45. The molecule has 43 heavy (non-hydrogen) atoms. The molecule has 1 unspecified atom stereocenters. The molecule has 1 heterocycles. The molecular weight excluding hydrogens is 544 g/mol. The van der Waals surface area contributed by atoms with E-state index < -0.39 is 17.9 Å². The van der Waals surface area contributed by atoms with Gasteiger partial charge in [0.25, 0.3) is 5.91 Å². The van der Waals surface area contributed by atoms with Gasteiger partial charge in [0, 0.05) is 37.7 Å². The van der Waals surface area contributed by atoms with Gasteiger partial charge in [-0.15, -0.1) is 0 Å². The molecule has 1 aliphatic carbocycles. The molecule has 0 bridgehead atoms. The molecule has 9 nitrogen and oxygen atoms in total. The van der Waals surface area contributed by atoms with Crippen LogP contribution in [0.25, 0.3) is 0 Å². The fraction of sp³-hybridized carbons (Fsp3) is 0.353. The Morgan fingerprint density at radius 2 is 1.65 bits per heavy atom. The normalized spacial score (nSPS) is 15.7. The SMILES string of the molecule is Cc1ccc(C(CC(=O)O)NC(=O)c2ccc(N3CCCN(C(=O)Cc4ccccc4)CC3)c(NC(=O)C3CC3)c2)cc1. The van der Waals surface area contributed by atoms with Crippen molar-refractivity contribution >= 4 is 35.1 Å². The van der Waals surface area contributed by atoms with E-state index >= 15 is 0 Å². The lowest BCUT2D eigenvalue weighted by Crippen LogP contribution is -2.36. The van der Waals surface area contributed by atoms with Crippen LogP contribution >= 0.6 is 0 Å². The molecule has 3 amide bonds. The lowest BCUT2D eigenvalue weighted by atomic mass is 10.0. The third-order valence-electron chi connectivity index (χ3n) is 8.02. The molecule has 3 aromatic rings. The predicted molar refractivity (Wildman–Crippen MR) is 165 cm³/mol. The Morgan fingerprint density at radius 3 is 2.35 bits per heavy atom. The maximum absolute atomic E-state index is 13.4. The first-order valence-electron chi connectivity index (χ1n) is 14.9. The number of aryl methyl sites for hydroxylation is 1. The van der Waals surface area contributed by atoms with E-state index in [4.69, 9.17) is 0 Å². The quantitative estimate of drug-likeness (QED) is 0.322. The van der Waals surface area contributed by atoms with Gasteiger partial charge in [-0.2, -0.15) is 0 Å². The van der Waals surface area contributed by atoms with Crippen LogP contribution in [0.5, 0.6) is 0 Å². The summed E-state index contributed by atoms with van der Waals surface area (Å²) in [6, 6.07) is 21.6. The molecule has 0 spiro atoms. The molecular formula is C34H38N4O5. The van der Waals surface area contributed by atoms with Gasteiger partial charge in [0.05, 0.1) is 30.3 Å². The Morgan fingerprint density at radius 1 is 0.907 bits per heavy atom. The highest BCUT2D eigenvalue weighted by Crippen LogP contribution is 2.34. The number of nitrogens with zero attached hydrogens (tertiary/aromatic N) is 2. The third kappa shape index (κ3) is 8.00. The maximum Gasteiger partial charge on any atom is 0.305 e. The van der Waals surface area contributed by atoms with Crippen LogP contribution in [0.4, 0.5) is 11.4 Å². The number of aliphatic carboxylic acids is 1. The second-order valence-corrected chi connectivity index (χ2v) is 11.4. The molecule has 2 aliphatic rings. The number of hydrogen-bond acceptors (Lipinski definition) is 5. The number of rotatable bonds is 10. The van der Waals surface area contributed by atoms with Crippen LogP contribution in [0.15, 0.2) is 72.8 Å². The van der Waals surface area contributed by atoms with Crippen molar-refractivity contribution in [3.63, 3.8) is 0 Å². The van der Waals surface area contributed by atoms with Crippen LogP contribution in [0, 0.1) is 12.8 Å². The van der Waals surface area contributed by atoms with Crippen LogP contribution in [-0.2, 0) is 20.8 Å². The molecule has 9 heteroatoms. The molecule has 1 aliphatic heterocycles. The average molecular weight is 583 g/mol. The molecule has 5 rings (SSSR count). The fourth-order valence-electron chi connectivity index (χ4n) is 5.39. The van der Waals surface area contributed by atoms with E-state index in [-0.39, 0.29) is 24.2 Å². The molecule has 1 saturated carbocycles. The molecule has 224 valence electrons. The Hall–Kier alpha value is -4.66. The number of nitrogens with one attached hydrogen (secondary N) is 2. The summed E-state index contributed by atoms with van der Waals surface area (Å²) in [4.78, 5) is 54.9. The Labute approximate surface area is 251 Å². The summed E-state index contributed by atoms with van der Waals surface area (Å²) < 4.78 is 0. The number of carboxylic acids is 1. The van der Waals surface area contributed by atoms with E-state index in [0.717, 1.165) is 36.1 Å². The molecule has 3 N–H and O–H groups in total. The smallest absolute Gasteiger partial charge is 0.305 e. The maximum atomic E-state index is 13.4. The number of carbonyl (C=O) groups is 4. The molecule has 2 fully saturated rings. The zero-order valence-electron chi connectivity index (χ0n) is 24.4. The number of carboxylic acid groups (broad SMARTS) is 1. The number of amides is 3. The van der Waals surface area contributed by atoms with Crippen LogP contribution in [0.3, 0.4) is 0 Å². The van der Waals surface area contributed by atoms with Crippen LogP contribution in [-0.4, -0.2) is 59.9 Å². The van der Waals surface area contributed by atoms with Gasteiger partial charge in [0.15, 0.2) is 0 Å². The summed E-state index contributed by atoms with van der Waals surface area (Å²) in [6.45, 7) is 4.43. The van der Waals surface area contributed by atoms with Gasteiger partial charge in [-0.25, -0.2) is 0 Å². The first kappa shape index (κ1) is 29.8. The van der Waals surface area contributed by atoms with Crippen LogP contribution < -0.4 is 15.5 Å². The van der Waals surface area contributed by atoms with E-state index in [2.05, 4.69) is 15.5 Å². The zero-order valence-corrected chi connectivity index (χ0v) is 24.4. The predicted octanol–water partition coefficient (Wildman–Crippen LogP) is 4.57. The summed E-state index contributed by atoms with van der Waals surface area (Å²) >= 11 is 0. The molecule has 0 radical (unpaired) electrons. The van der Waals surface area contributed by atoms with Crippen molar-refractivity contribution in [1.29, 1.82) is 0 Å². The standard InChI is InChI=1S/C34H38N4O5/c1-23-8-10-25(11-9-23)28(22-32(40)41)35-34(43)27-14-15-30(29(21-27)36-33(42)26-12-13-26)37-16-5-17-38(19-18-37)31(39)20-24-6-3-2-4-7-24/h2-4,6-11,14-15,21,26,28H,5,12-13,16-20,22H2,1H3,(H,35,43)(H,36,42)(H,40,41). The average Bonchev–Trinajstić information content (AvgIpc) is 3.85. The number of carbonyl (C=O) groups excluding carboxylic acids is 3. The molecule has 1 saturated heterocycles. The Balaban J connectivity index is 1.33. The molecule has 1 atom stereocenters. The summed E-state index contributed by atoms with van der Waals surface area (Å²) in [5.41, 5.74) is 4.39. The summed E-state index contributed by atoms with van der Waals surface area (Å²) in [7, 11) is 0. The lowest BCUT2D eigenvalue weighted by Gasteiger charge is -2.27. The van der Waals surface area contributed by atoms with E-state index in [0.29, 0.717) is 49.4 Å². The minimum atomic E-state index is -1.02. The van der Waals surface area contributed by atoms with Gasteiger partial charge in [-0.3, -0.25) is 19.2 Å². The van der Waals surface area contributed by atoms with Crippen molar-refractivity contribution in [2.75, 3.05) is 36.4 Å². The van der Waals surface area contributed by atoms with Crippen molar-refractivity contribution in [2.24, 2.45) is 5.92 Å². The lowest BCUT2D eigenvalue weighted by molar-refractivity contribution is -0.137. The Kier molecular flexibility index (Phi) is 9.39. The number of benzene rings is 3. The first-order valence-corrected chi connectivity index (χ1v) is 14.9. The second-order valence-electron chi connectivity index (χ2n) is 11.4. The van der Waals surface area contributed by atoms with Crippen molar-refractivity contribution < 1.29 is 24.3 Å². The zero-order chi connectivity index (χ0) is 30.3. The van der Waals surface area contributed by atoms with E-state index in [1.165, 1.54) is 0 Å². The summed E-state index contributed by atoms with van der Waals surface area (Å²) in [5, 5.41) is 15.4. The number of anilines is 2. The largest absolute Gasteiger partial charge is 0.481 e. The van der Waals surface area contributed by atoms with Gasteiger partial charge in [-0.1, -0.05) is 60.2 Å². The van der Waals surface area contributed by atoms with Crippen molar-refractivity contribution in [1.82, 2.24) is 10.2 Å². The van der Waals surface area contributed by atoms with Crippen molar-refractivity contribution in [2.45, 2.75) is 45.1 Å². The highest BCUT2D eigenvalue weighted by molar-refractivity contribution is 6.01. The van der Waals surface area contributed by atoms with Crippen LogP contribution in [0.2, 0.25) is 0 Å². The van der Waals surface area contributed by atoms with Gasteiger partial charge in [0.1, 0.15) is 0 Å². The summed E-state index contributed by atoms with van der Waals surface area (Å²) in [6.07, 6.45) is 2.56. The van der Waals surface area contributed by atoms with Gasteiger partial charge < -0.3 is 25.5 Å². The highest BCUT2D eigenvalue weighted by Gasteiger charge is 2.31. The van der Waals surface area contributed by atoms with E-state index in [1.54, 1.807) is 12.1 Å². The minimum Gasteiger partial charge on any atom is -0.481 e. The third-order valence-corrected chi connectivity index (χ3v) is 8.02. The highest BCUT2D eigenvalue weighted by atomic mass is 16.4. The Bertz CT molecular complexity index is 1470. The molecule has 3 aromatic carbocycles. The van der Waals surface area contributed by atoms with Crippen molar-refractivity contribution in [3.05, 3.63) is 95.1 Å². The van der Waals surface area contributed by atoms with Gasteiger partial charge >= 0.3 is 5.97 Å². The van der Waals surface area contributed by atoms with E-state index in [9.17, 15) is 24.3 Å². The number of hydrogen-bond donors (Lipinski definition) is 3. The fourth-order valence-corrected chi connectivity index (χ4v) is 5.39. The topological polar surface area (TPSA) is 119 Å². The van der Waals surface area contributed by atoms with E-state index in [1.807, 2.05) is 72.5 Å². The first-order chi connectivity index (χ1) is 20.8. The van der Waals surface area contributed by atoms with Crippen molar-refractivity contribution in [3.8, 4) is 0 Å². The minimum absolute atomic E-state index is 0.0259. The molecule has 0 aromatic heterocycles. The monoisotopic (exact) mass is 582 g/mol. The second kappa shape index (κ2) is 13.5.